The third-order valence-corrected chi connectivity index (χ3v) is 7.71. The van der Waals surface area contributed by atoms with Gasteiger partial charge < -0.3 is 10.1 Å². The Morgan fingerprint density at radius 2 is 1.96 bits per heavy atom. The minimum Gasteiger partial charge on any atom is -0.497 e. The molecule has 2 aliphatic rings. The number of nitrogens with one attached hydrogen (secondary N) is 1. The maximum atomic E-state index is 13.4. The lowest BCUT2D eigenvalue weighted by Crippen LogP contribution is -2.35. The average Bonchev–Trinajstić information content (AvgIpc) is 3.31. The highest BCUT2D eigenvalue weighted by Crippen LogP contribution is 2.45. The van der Waals surface area contributed by atoms with Crippen molar-refractivity contribution in [2.24, 2.45) is 18.9 Å². The zero-order valence-corrected chi connectivity index (χ0v) is 16.0. The summed E-state index contributed by atoms with van der Waals surface area (Å²) in [5.74, 6) is 1.37. The van der Waals surface area contributed by atoms with E-state index < -0.39 is 10.0 Å². The largest absolute Gasteiger partial charge is 0.497 e. The summed E-state index contributed by atoms with van der Waals surface area (Å²) in [5.41, 5.74) is 1.67. The van der Waals surface area contributed by atoms with E-state index in [0.29, 0.717) is 23.1 Å². The molecule has 0 bridgehead atoms. The molecule has 1 aromatic carbocycles. The van der Waals surface area contributed by atoms with Gasteiger partial charge in [-0.05, 0) is 43.0 Å². The highest BCUT2D eigenvalue weighted by atomic mass is 32.2. The number of sulfonamides is 1. The molecule has 2 aromatic rings. The standard InChI is InChI=1S/C18H24N4O3S/c1-12-17(10-20-21(12)2)26(23,24)22-11-14-8-19-9-16(14)18(22)13-4-6-15(25-3)7-5-13/h4-7,10,14,16,18-19H,8-9,11H2,1-3H3/t14-,16-,18-/m0/s1. The average molecular weight is 376 g/mol. The molecular formula is C18H24N4O3S. The summed E-state index contributed by atoms with van der Waals surface area (Å²) in [4.78, 5) is 0.298. The number of hydrogen-bond donors (Lipinski definition) is 1. The zero-order valence-electron chi connectivity index (χ0n) is 15.2. The Morgan fingerprint density at radius 3 is 2.58 bits per heavy atom. The summed E-state index contributed by atoms with van der Waals surface area (Å²) in [6.07, 6.45) is 1.46. The summed E-state index contributed by atoms with van der Waals surface area (Å²) in [6, 6.07) is 7.56. The van der Waals surface area contributed by atoms with Crippen molar-refractivity contribution in [1.29, 1.82) is 0 Å². The summed E-state index contributed by atoms with van der Waals surface area (Å²) in [7, 11) is -0.222. The van der Waals surface area contributed by atoms with Crippen LogP contribution in [0, 0.1) is 18.8 Å². The first-order chi connectivity index (χ1) is 12.4. The van der Waals surface area contributed by atoms with Crippen LogP contribution in [0.25, 0.3) is 0 Å². The molecule has 140 valence electrons. The van der Waals surface area contributed by atoms with Gasteiger partial charge in [-0.25, -0.2) is 8.42 Å². The Bertz CT molecular complexity index is 907. The van der Waals surface area contributed by atoms with Crippen LogP contribution in [0.1, 0.15) is 17.3 Å². The molecule has 1 aromatic heterocycles. The van der Waals surface area contributed by atoms with E-state index >= 15 is 0 Å². The number of benzene rings is 1. The molecule has 0 radical (unpaired) electrons. The molecular weight excluding hydrogens is 352 g/mol. The molecule has 3 atom stereocenters. The van der Waals surface area contributed by atoms with Crippen molar-refractivity contribution in [3.63, 3.8) is 0 Å². The number of hydrogen-bond acceptors (Lipinski definition) is 5. The van der Waals surface area contributed by atoms with E-state index in [9.17, 15) is 8.42 Å². The summed E-state index contributed by atoms with van der Waals surface area (Å²) >= 11 is 0. The Morgan fingerprint density at radius 1 is 1.23 bits per heavy atom. The topological polar surface area (TPSA) is 76.5 Å². The Kier molecular flexibility index (Phi) is 4.29. The molecule has 1 N–H and O–H groups in total. The van der Waals surface area contributed by atoms with E-state index in [1.807, 2.05) is 24.3 Å². The second kappa shape index (κ2) is 6.37. The van der Waals surface area contributed by atoms with Gasteiger partial charge in [-0.3, -0.25) is 4.68 Å². The summed E-state index contributed by atoms with van der Waals surface area (Å²) in [5, 5.41) is 7.54. The van der Waals surface area contributed by atoms with Crippen LogP contribution in [0.5, 0.6) is 5.75 Å². The van der Waals surface area contributed by atoms with Crippen molar-refractivity contribution in [2.75, 3.05) is 26.7 Å². The molecule has 0 aliphatic carbocycles. The van der Waals surface area contributed by atoms with E-state index in [0.717, 1.165) is 24.4 Å². The molecule has 8 heteroatoms. The van der Waals surface area contributed by atoms with Crippen LogP contribution < -0.4 is 10.1 Å². The molecule has 0 amide bonds. The number of aryl methyl sites for hydroxylation is 1. The first-order valence-corrected chi connectivity index (χ1v) is 10.2. The van der Waals surface area contributed by atoms with Gasteiger partial charge >= 0.3 is 0 Å². The fourth-order valence-corrected chi connectivity index (χ4v) is 6.10. The maximum absolute atomic E-state index is 13.4. The van der Waals surface area contributed by atoms with Crippen molar-refractivity contribution in [2.45, 2.75) is 17.9 Å². The van der Waals surface area contributed by atoms with Crippen molar-refractivity contribution in [3.05, 3.63) is 41.7 Å². The normalized spacial score (nSPS) is 26.2. The van der Waals surface area contributed by atoms with Gasteiger partial charge in [-0.15, -0.1) is 0 Å². The zero-order chi connectivity index (χ0) is 18.5. The fourth-order valence-electron chi connectivity index (χ4n) is 4.20. The van der Waals surface area contributed by atoms with Gasteiger partial charge in [0.2, 0.25) is 10.0 Å². The highest BCUT2D eigenvalue weighted by Gasteiger charge is 2.50. The molecule has 7 nitrogen and oxygen atoms in total. The Hall–Kier alpha value is -1.90. The van der Waals surface area contributed by atoms with E-state index in [2.05, 4.69) is 10.4 Å². The van der Waals surface area contributed by atoms with Crippen LogP contribution in [0.2, 0.25) is 0 Å². The van der Waals surface area contributed by atoms with Crippen molar-refractivity contribution in [3.8, 4) is 5.75 Å². The Labute approximate surface area is 154 Å². The van der Waals surface area contributed by atoms with Crippen LogP contribution >= 0.6 is 0 Å². The van der Waals surface area contributed by atoms with Gasteiger partial charge in [0.15, 0.2) is 0 Å². The second-order valence-corrected chi connectivity index (χ2v) is 8.95. The number of ether oxygens (including phenoxy) is 1. The Balaban J connectivity index is 1.77. The monoisotopic (exact) mass is 376 g/mol. The van der Waals surface area contributed by atoms with Gasteiger partial charge in [0, 0.05) is 20.1 Å². The summed E-state index contributed by atoms with van der Waals surface area (Å²) in [6.45, 7) is 4.01. The molecule has 0 saturated carbocycles. The van der Waals surface area contributed by atoms with Crippen LogP contribution in [0.3, 0.4) is 0 Å². The van der Waals surface area contributed by atoms with Gasteiger partial charge in [-0.2, -0.15) is 9.40 Å². The third-order valence-electron chi connectivity index (χ3n) is 5.76. The molecule has 2 saturated heterocycles. The van der Waals surface area contributed by atoms with Crippen LogP contribution in [-0.2, 0) is 17.1 Å². The molecule has 2 aliphatic heterocycles. The minimum absolute atomic E-state index is 0.175. The number of aromatic nitrogens is 2. The predicted molar refractivity (Wildman–Crippen MR) is 97.4 cm³/mol. The first kappa shape index (κ1) is 17.5. The number of fused-ring (bicyclic) bond motifs is 1. The second-order valence-electron chi connectivity index (χ2n) is 7.09. The predicted octanol–water partition coefficient (Wildman–Crippen LogP) is 1.32. The van der Waals surface area contributed by atoms with E-state index in [1.54, 1.807) is 30.1 Å². The molecule has 26 heavy (non-hydrogen) atoms. The van der Waals surface area contributed by atoms with E-state index in [1.165, 1.54) is 6.20 Å². The van der Waals surface area contributed by atoms with E-state index in [4.69, 9.17) is 4.74 Å². The lowest BCUT2D eigenvalue weighted by Gasteiger charge is -2.27. The smallest absolute Gasteiger partial charge is 0.247 e. The van der Waals surface area contributed by atoms with Crippen LogP contribution in [0.15, 0.2) is 35.4 Å². The highest BCUT2D eigenvalue weighted by molar-refractivity contribution is 7.89. The number of methoxy groups -OCH3 is 1. The number of nitrogens with zero attached hydrogens (tertiary/aromatic N) is 3. The lowest BCUT2D eigenvalue weighted by molar-refractivity contribution is 0.345. The molecule has 0 spiro atoms. The van der Waals surface area contributed by atoms with Gasteiger partial charge in [-0.1, -0.05) is 12.1 Å². The van der Waals surface area contributed by atoms with Gasteiger partial charge in [0.1, 0.15) is 10.6 Å². The SMILES string of the molecule is COc1ccc([C@H]2[C@H]3CNC[C@H]3CN2S(=O)(=O)c2cnn(C)c2C)cc1. The summed E-state index contributed by atoms with van der Waals surface area (Å²) < 4.78 is 35.4. The maximum Gasteiger partial charge on any atom is 0.247 e. The van der Waals surface area contributed by atoms with Crippen molar-refractivity contribution < 1.29 is 13.2 Å². The van der Waals surface area contributed by atoms with Crippen molar-refractivity contribution >= 4 is 10.0 Å². The number of rotatable bonds is 4. The molecule has 2 fully saturated rings. The van der Waals surface area contributed by atoms with Gasteiger partial charge in [0.05, 0.1) is 25.0 Å². The first-order valence-electron chi connectivity index (χ1n) is 8.78. The van der Waals surface area contributed by atoms with E-state index in [-0.39, 0.29) is 12.0 Å². The molecule has 0 unspecified atom stereocenters. The minimum atomic E-state index is -3.61. The van der Waals surface area contributed by atoms with Gasteiger partial charge in [0.25, 0.3) is 0 Å². The fraction of sp³-hybridized carbons (Fsp3) is 0.500. The third kappa shape index (κ3) is 2.64. The van der Waals surface area contributed by atoms with Crippen LogP contribution in [0.4, 0.5) is 0 Å². The molecule has 4 rings (SSSR count). The van der Waals surface area contributed by atoms with Crippen molar-refractivity contribution in [1.82, 2.24) is 19.4 Å². The quantitative estimate of drug-likeness (QED) is 0.871. The lowest BCUT2D eigenvalue weighted by atomic mass is 9.90. The molecule has 3 heterocycles. The van der Waals surface area contributed by atoms with Crippen LogP contribution in [-0.4, -0.2) is 49.2 Å².